The lowest BCUT2D eigenvalue weighted by molar-refractivity contribution is 0.0936. The van der Waals surface area contributed by atoms with Crippen LogP contribution >= 0.6 is 0 Å². The number of nitrogen functional groups attached to an aromatic ring is 1. The van der Waals surface area contributed by atoms with Crippen molar-refractivity contribution in [1.82, 2.24) is 39.6 Å². The van der Waals surface area contributed by atoms with Crippen LogP contribution in [0.25, 0.3) is 34.1 Å². The van der Waals surface area contributed by atoms with Crippen LogP contribution in [0.3, 0.4) is 0 Å². The number of hydrogen-bond donors (Lipinski definition) is 2. The molecule has 1 atom stereocenters. The van der Waals surface area contributed by atoms with Crippen LogP contribution in [0.5, 0.6) is 0 Å². The highest BCUT2D eigenvalue weighted by Crippen LogP contribution is 2.36. The molecule has 5 heterocycles. The molecule has 0 fully saturated rings. The predicted octanol–water partition coefficient (Wildman–Crippen LogP) is 4.04. The molecule has 3 N–H and O–H groups in total. The second-order valence-electron chi connectivity index (χ2n) is 9.69. The molecule has 1 aliphatic carbocycles. The fraction of sp³-hybridized carbons (Fsp3) is 0.0968. The number of terminal acetylenes is 1. The minimum atomic E-state index is -0.184. The molecule has 0 unspecified atom stereocenters. The lowest BCUT2D eigenvalue weighted by Crippen LogP contribution is -2.27. The molecular weight excluding hydrogens is 514 g/mol. The summed E-state index contributed by atoms with van der Waals surface area (Å²) in [4.78, 5) is 31.2. The Morgan fingerprint density at radius 3 is 2.78 bits per heavy atom. The Labute approximate surface area is 234 Å². The fourth-order valence-electron chi connectivity index (χ4n) is 5.30. The molecule has 198 valence electrons. The van der Waals surface area contributed by atoms with Gasteiger partial charge in [0.25, 0.3) is 5.91 Å². The van der Waals surface area contributed by atoms with Gasteiger partial charge in [-0.25, -0.2) is 24.6 Å². The Balaban J connectivity index is 1.30. The van der Waals surface area contributed by atoms with E-state index in [1.807, 2.05) is 47.2 Å². The summed E-state index contributed by atoms with van der Waals surface area (Å²) in [5, 5.41) is 7.49. The number of nitrogens with two attached hydrogens (primary N) is 1. The minimum Gasteiger partial charge on any atom is -0.383 e. The van der Waals surface area contributed by atoms with Crippen molar-refractivity contribution < 1.29 is 4.79 Å². The third kappa shape index (κ3) is 4.26. The molecule has 6 aromatic rings. The largest absolute Gasteiger partial charge is 0.383 e. The van der Waals surface area contributed by atoms with Crippen molar-refractivity contribution >= 4 is 22.9 Å². The Morgan fingerprint density at radius 1 is 1.02 bits per heavy atom. The van der Waals surface area contributed by atoms with Crippen molar-refractivity contribution in [2.24, 2.45) is 0 Å². The zero-order valence-corrected chi connectivity index (χ0v) is 21.8. The van der Waals surface area contributed by atoms with Crippen molar-refractivity contribution in [3.05, 3.63) is 108 Å². The van der Waals surface area contributed by atoms with E-state index < -0.39 is 0 Å². The number of rotatable bonds is 5. The molecule has 0 saturated carbocycles. The van der Waals surface area contributed by atoms with Crippen LogP contribution in [0.1, 0.15) is 39.6 Å². The highest BCUT2D eigenvalue weighted by molar-refractivity contribution is 5.94. The number of carbonyl (C=O) groups is 1. The number of amides is 1. The van der Waals surface area contributed by atoms with Gasteiger partial charge in [-0.15, -0.1) is 6.42 Å². The molecule has 5 aromatic heterocycles. The molecule has 10 heteroatoms. The van der Waals surface area contributed by atoms with E-state index in [0.29, 0.717) is 45.4 Å². The topological polar surface area (TPSA) is 129 Å². The van der Waals surface area contributed by atoms with E-state index >= 15 is 0 Å². The number of aromatic nitrogens is 7. The van der Waals surface area contributed by atoms with Gasteiger partial charge < -0.3 is 11.1 Å². The molecule has 0 aliphatic heterocycles. The number of imidazole rings is 1. The van der Waals surface area contributed by atoms with E-state index in [-0.39, 0.29) is 11.9 Å². The van der Waals surface area contributed by atoms with Gasteiger partial charge in [0.05, 0.1) is 11.6 Å². The van der Waals surface area contributed by atoms with Crippen LogP contribution in [-0.4, -0.2) is 40.2 Å². The van der Waals surface area contributed by atoms with Crippen molar-refractivity contribution in [3.63, 3.8) is 0 Å². The summed E-state index contributed by atoms with van der Waals surface area (Å²) in [6, 6.07) is 18.8. The summed E-state index contributed by atoms with van der Waals surface area (Å²) in [6.45, 7) is 0. The maximum atomic E-state index is 13.0. The number of hydrogen-bond acceptors (Lipinski definition) is 7. The first-order chi connectivity index (χ1) is 20.1. The zero-order chi connectivity index (χ0) is 27.9. The molecule has 1 amide bonds. The molecule has 10 nitrogen and oxygen atoms in total. The number of benzene rings is 1. The van der Waals surface area contributed by atoms with Crippen LogP contribution in [0.15, 0.2) is 85.5 Å². The third-order valence-electron chi connectivity index (χ3n) is 7.25. The van der Waals surface area contributed by atoms with Crippen LogP contribution in [0.4, 0.5) is 5.82 Å². The molecule has 0 saturated heterocycles. The summed E-state index contributed by atoms with van der Waals surface area (Å²) in [6.07, 6.45) is 13.8. The van der Waals surface area contributed by atoms with Gasteiger partial charge in [0.1, 0.15) is 17.0 Å². The summed E-state index contributed by atoms with van der Waals surface area (Å²) in [7, 11) is 0. The SMILES string of the molecule is C#Cc1cc(C(=O)N[C@H]2CCc3cc(-n4c(-c5cccnc5N)nc5ccc(-n6cccn6)nc54)ccc32)ccn1. The minimum absolute atomic E-state index is 0.119. The normalized spacial score (nSPS) is 14.1. The molecule has 0 spiro atoms. The summed E-state index contributed by atoms with van der Waals surface area (Å²) in [5.74, 6) is 3.98. The maximum Gasteiger partial charge on any atom is 0.251 e. The Bertz CT molecular complexity index is 1990. The number of anilines is 1. The Hall–Kier alpha value is -5.82. The van der Waals surface area contributed by atoms with E-state index in [4.69, 9.17) is 22.1 Å². The first-order valence-electron chi connectivity index (χ1n) is 13.1. The lowest BCUT2D eigenvalue weighted by atomic mass is 10.1. The van der Waals surface area contributed by atoms with E-state index in [9.17, 15) is 4.79 Å². The van der Waals surface area contributed by atoms with Crippen LogP contribution in [0, 0.1) is 12.3 Å². The third-order valence-corrected chi connectivity index (χ3v) is 7.25. The van der Waals surface area contributed by atoms with E-state index in [1.165, 1.54) is 0 Å². The highest BCUT2D eigenvalue weighted by atomic mass is 16.1. The number of fused-ring (bicyclic) bond motifs is 2. The second kappa shape index (κ2) is 9.73. The quantitative estimate of drug-likeness (QED) is 0.318. The van der Waals surface area contributed by atoms with Gasteiger partial charge in [-0.3, -0.25) is 9.36 Å². The molecule has 7 rings (SSSR count). The zero-order valence-electron chi connectivity index (χ0n) is 21.8. The van der Waals surface area contributed by atoms with Gasteiger partial charge in [-0.2, -0.15) is 5.10 Å². The fourth-order valence-corrected chi connectivity index (χ4v) is 5.30. The van der Waals surface area contributed by atoms with Gasteiger partial charge in [0, 0.05) is 36.0 Å². The van der Waals surface area contributed by atoms with Crippen LogP contribution in [-0.2, 0) is 6.42 Å². The van der Waals surface area contributed by atoms with Crippen LogP contribution < -0.4 is 11.1 Å². The van der Waals surface area contributed by atoms with Gasteiger partial charge in [-0.05, 0) is 78.6 Å². The molecule has 1 aliphatic rings. The van der Waals surface area contributed by atoms with E-state index in [0.717, 1.165) is 29.7 Å². The molecular formula is C31H23N9O. The average Bonchev–Trinajstić information content (AvgIpc) is 3.76. The predicted molar refractivity (Wildman–Crippen MR) is 154 cm³/mol. The lowest BCUT2D eigenvalue weighted by Gasteiger charge is -2.16. The first kappa shape index (κ1) is 24.2. The Kier molecular flexibility index (Phi) is 5.75. The van der Waals surface area contributed by atoms with Gasteiger partial charge in [0.15, 0.2) is 17.3 Å². The number of pyridine rings is 3. The monoisotopic (exact) mass is 537 g/mol. The summed E-state index contributed by atoms with van der Waals surface area (Å²) in [5.41, 5.74) is 12.4. The number of aryl methyl sites for hydroxylation is 1. The first-order valence-corrected chi connectivity index (χ1v) is 13.1. The average molecular weight is 538 g/mol. The van der Waals surface area contributed by atoms with Crippen molar-refractivity contribution in [1.29, 1.82) is 0 Å². The van der Waals surface area contributed by atoms with Gasteiger partial charge in [0.2, 0.25) is 0 Å². The molecule has 0 bridgehead atoms. The van der Waals surface area contributed by atoms with Gasteiger partial charge >= 0.3 is 0 Å². The van der Waals surface area contributed by atoms with Crippen molar-refractivity contribution in [2.45, 2.75) is 18.9 Å². The molecule has 1 aromatic carbocycles. The summed E-state index contributed by atoms with van der Waals surface area (Å²) >= 11 is 0. The number of carbonyl (C=O) groups excluding carboxylic acids is 1. The second-order valence-corrected chi connectivity index (χ2v) is 9.69. The van der Waals surface area contributed by atoms with Crippen LogP contribution in [0.2, 0.25) is 0 Å². The maximum absolute atomic E-state index is 13.0. The smallest absolute Gasteiger partial charge is 0.251 e. The van der Waals surface area contributed by atoms with E-state index in [2.05, 4.69) is 38.4 Å². The number of nitrogens with one attached hydrogen (secondary N) is 1. The molecule has 0 radical (unpaired) electrons. The van der Waals surface area contributed by atoms with Gasteiger partial charge in [-0.1, -0.05) is 12.0 Å². The summed E-state index contributed by atoms with van der Waals surface area (Å²) < 4.78 is 3.71. The van der Waals surface area contributed by atoms with Crippen molar-refractivity contribution in [2.75, 3.05) is 5.73 Å². The molecule has 41 heavy (non-hydrogen) atoms. The van der Waals surface area contributed by atoms with Crippen molar-refractivity contribution in [3.8, 4) is 35.2 Å². The van der Waals surface area contributed by atoms with E-state index in [1.54, 1.807) is 35.4 Å². The number of nitrogens with zero attached hydrogens (tertiary/aromatic N) is 7. The Morgan fingerprint density at radius 2 is 1.95 bits per heavy atom. The standard InChI is InChI=1S/C31H23N9O/c1-2-21-17-20(12-15-33-21)31(41)37-25-9-6-19-18-22(7-8-23(19)25)40-29(24-5-3-13-34-28(24)32)36-26-10-11-27(38-30(26)40)39-16-4-14-35-39/h1,3-5,7-8,10-18,25H,6,9H2,(H2,32,34)(H,37,41)/t25-/m0/s1. The highest BCUT2D eigenvalue weighted by Gasteiger charge is 2.26.